The number of aromatic nitrogens is 2. The molecule has 1 fully saturated rings. The zero-order valence-electron chi connectivity index (χ0n) is 14.1. The van der Waals surface area contributed by atoms with Crippen LogP contribution < -0.4 is 10.6 Å². The smallest absolute Gasteiger partial charge is 0.254 e. The minimum atomic E-state index is -0.120. The zero-order chi connectivity index (χ0) is 16.2. The maximum Gasteiger partial charge on any atom is 0.254 e. The Balaban J connectivity index is 1.97. The third kappa shape index (κ3) is 4.08. The number of ether oxygens (including phenoxy) is 1. The first kappa shape index (κ1) is 17.0. The van der Waals surface area contributed by atoms with Crippen LogP contribution in [0.4, 0.5) is 0 Å². The van der Waals surface area contributed by atoms with Crippen molar-refractivity contribution in [3.63, 3.8) is 0 Å². The van der Waals surface area contributed by atoms with Crippen LogP contribution in [0.1, 0.15) is 44.0 Å². The molecule has 0 spiro atoms. The fraction of sp³-hybridized carbons (Fsp3) is 0.750. The van der Waals surface area contributed by atoms with E-state index in [-0.39, 0.29) is 16.9 Å². The summed E-state index contributed by atoms with van der Waals surface area (Å²) in [5, 5.41) is 10.7. The van der Waals surface area contributed by atoms with E-state index in [0.29, 0.717) is 18.7 Å². The lowest BCUT2D eigenvalue weighted by atomic mass is 9.79. The van der Waals surface area contributed by atoms with Gasteiger partial charge in [0.1, 0.15) is 0 Å². The average molecular weight is 308 g/mol. The number of hydrogen-bond acceptors (Lipinski definition) is 4. The molecule has 1 aliphatic heterocycles. The van der Waals surface area contributed by atoms with Crippen LogP contribution in [0.5, 0.6) is 0 Å². The van der Waals surface area contributed by atoms with E-state index in [4.69, 9.17) is 4.74 Å². The summed E-state index contributed by atoms with van der Waals surface area (Å²) in [7, 11) is 1.72. The molecule has 0 aliphatic carbocycles. The van der Waals surface area contributed by atoms with Crippen molar-refractivity contribution in [2.75, 3.05) is 33.4 Å². The quantitative estimate of drug-likeness (QED) is 0.862. The van der Waals surface area contributed by atoms with E-state index in [1.165, 1.54) is 0 Å². The Bertz CT molecular complexity index is 493. The maximum absolute atomic E-state index is 12.4. The molecule has 0 atom stereocenters. The second kappa shape index (κ2) is 6.79. The van der Waals surface area contributed by atoms with E-state index >= 15 is 0 Å². The number of hydrogen-bond donors (Lipinski definition) is 2. The summed E-state index contributed by atoms with van der Waals surface area (Å²) in [6.07, 6.45) is 5.47. The summed E-state index contributed by atoms with van der Waals surface area (Å²) >= 11 is 0. The number of piperidine rings is 1. The number of nitrogens with one attached hydrogen (secondary N) is 2. The molecule has 2 N–H and O–H groups in total. The fourth-order valence-corrected chi connectivity index (χ4v) is 2.81. The molecule has 0 aromatic carbocycles. The molecule has 0 saturated carbocycles. The molecule has 2 heterocycles. The Morgan fingerprint density at radius 1 is 1.45 bits per heavy atom. The Kier molecular flexibility index (Phi) is 5.24. The van der Waals surface area contributed by atoms with Gasteiger partial charge in [0, 0.05) is 25.3 Å². The Labute approximate surface area is 132 Å². The number of rotatable bonds is 5. The highest BCUT2D eigenvalue weighted by Crippen LogP contribution is 2.28. The maximum atomic E-state index is 12.4. The minimum absolute atomic E-state index is 0.0374. The Morgan fingerprint density at radius 3 is 2.68 bits per heavy atom. The van der Waals surface area contributed by atoms with Gasteiger partial charge in [-0.2, -0.15) is 5.10 Å². The van der Waals surface area contributed by atoms with Gasteiger partial charge in [-0.15, -0.1) is 0 Å². The standard InChI is InChI=1S/C16H28N4O2/c1-15(2,3)20-10-13(9-19-20)14(21)18-11-16(12-22-4)5-7-17-8-6-16/h9-10,17H,5-8,11-12H2,1-4H3,(H,18,21). The van der Waals surface area contributed by atoms with Crippen molar-refractivity contribution in [1.82, 2.24) is 20.4 Å². The normalized spacial score (nSPS) is 18.2. The largest absolute Gasteiger partial charge is 0.384 e. The summed E-state index contributed by atoms with van der Waals surface area (Å²) in [5.41, 5.74) is 0.525. The first-order chi connectivity index (χ1) is 10.4. The lowest BCUT2D eigenvalue weighted by Gasteiger charge is -2.37. The van der Waals surface area contributed by atoms with Crippen molar-refractivity contribution in [2.45, 2.75) is 39.2 Å². The van der Waals surface area contributed by atoms with Gasteiger partial charge in [0.2, 0.25) is 0 Å². The highest BCUT2D eigenvalue weighted by atomic mass is 16.5. The van der Waals surface area contributed by atoms with Gasteiger partial charge in [-0.3, -0.25) is 9.48 Å². The van der Waals surface area contributed by atoms with Crippen molar-refractivity contribution in [2.24, 2.45) is 5.41 Å². The summed E-state index contributed by atoms with van der Waals surface area (Å²) < 4.78 is 7.19. The van der Waals surface area contributed by atoms with Crippen molar-refractivity contribution in [3.8, 4) is 0 Å². The van der Waals surface area contributed by atoms with Gasteiger partial charge in [0.05, 0.1) is 23.9 Å². The average Bonchev–Trinajstić information content (AvgIpc) is 2.96. The van der Waals surface area contributed by atoms with Gasteiger partial charge in [0.25, 0.3) is 5.91 Å². The SMILES string of the molecule is COCC1(CNC(=O)c2cnn(C(C)(C)C)c2)CCNCC1. The number of methoxy groups -OCH3 is 1. The lowest BCUT2D eigenvalue weighted by Crippen LogP contribution is -2.47. The zero-order valence-corrected chi connectivity index (χ0v) is 14.1. The van der Waals surface area contributed by atoms with Gasteiger partial charge < -0.3 is 15.4 Å². The summed E-state index contributed by atoms with van der Waals surface area (Å²) in [6, 6.07) is 0. The van der Waals surface area contributed by atoms with Gasteiger partial charge in [0.15, 0.2) is 0 Å². The molecule has 22 heavy (non-hydrogen) atoms. The van der Waals surface area contributed by atoms with Crippen LogP contribution >= 0.6 is 0 Å². The molecule has 1 saturated heterocycles. The lowest BCUT2D eigenvalue weighted by molar-refractivity contribution is 0.0511. The summed E-state index contributed by atoms with van der Waals surface area (Å²) in [4.78, 5) is 12.4. The molecule has 0 bridgehead atoms. The third-order valence-electron chi connectivity index (χ3n) is 4.27. The van der Waals surface area contributed by atoms with Crippen molar-refractivity contribution in [3.05, 3.63) is 18.0 Å². The summed E-state index contributed by atoms with van der Waals surface area (Å²) in [5.74, 6) is -0.0653. The number of amides is 1. The number of nitrogens with zero attached hydrogens (tertiary/aromatic N) is 2. The first-order valence-electron chi connectivity index (χ1n) is 7.89. The molecule has 0 unspecified atom stereocenters. The van der Waals surface area contributed by atoms with Crippen LogP contribution in [-0.2, 0) is 10.3 Å². The molecular weight excluding hydrogens is 280 g/mol. The predicted octanol–water partition coefficient (Wildman–Crippen LogP) is 1.38. The molecule has 124 valence electrons. The van der Waals surface area contributed by atoms with Crippen LogP contribution in [0.2, 0.25) is 0 Å². The first-order valence-corrected chi connectivity index (χ1v) is 7.89. The van der Waals surface area contributed by atoms with E-state index in [1.54, 1.807) is 19.5 Å². The molecule has 1 aliphatic rings. The number of carbonyl (C=O) groups excluding carboxylic acids is 1. The van der Waals surface area contributed by atoms with Crippen molar-refractivity contribution in [1.29, 1.82) is 0 Å². The van der Waals surface area contributed by atoms with E-state index in [0.717, 1.165) is 25.9 Å². The van der Waals surface area contributed by atoms with Crippen molar-refractivity contribution < 1.29 is 9.53 Å². The monoisotopic (exact) mass is 308 g/mol. The van der Waals surface area contributed by atoms with Crippen LogP contribution in [0, 0.1) is 5.41 Å². The molecule has 1 amide bonds. The molecule has 0 radical (unpaired) electrons. The van der Waals surface area contributed by atoms with E-state index in [9.17, 15) is 4.79 Å². The predicted molar refractivity (Wildman–Crippen MR) is 86.0 cm³/mol. The minimum Gasteiger partial charge on any atom is -0.384 e. The molecule has 1 aromatic heterocycles. The fourth-order valence-electron chi connectivity index (χ4n) is 2.81. The Morgan fingerprint density at radius 2 is 2.14 bits per heavy atom. The molecule has 6 heteroatoms. The van der Waals surface area contributed by atoms with Crippen molar-refractivity contribution >= 4 is 5.91 Å². The highest BCUT2D eigenvalue weighted by molar-refractivity contribution is 5.93. The second-order valence-electron chi connectivity index (χ2n) is 7.21. The molecule has 2 rings (SSSR count). The van der Waals surface area contributed by atoms with E-state index < -0.39 is 0 Å². The molecule has 6 nitrogen and oxygen atoms in total. The van der Waals surface area contributed by atoms with E-state index in [1.807, 2.05) is 4.68 Å². The molecule has 1 aromatic rings. The number of carbonyl (C=O) groups is 1. The Hall–Kier alpha value is -1.40. The van der Waals surface area contributed by atoms with Crippen LogP contribution in [0.15, 0.2) is 12.4 Å². The third-order valence-corrected chi connectivity index (χ3v) is 4.27. The van der Waals surface area contributed by atoms with Gasteiger partial charge in [-0.25, -0.2) is 0 Å². The van der Waals surface area contributed by atoms with Gasteiger partial charge >= 0.3 is 0 Å². The topological polar surface area (TPSA) is 68.2 Å². The van der Waals surface area contributed by atoms with Gasteiger partial charge in [-0.05, 0) is 46.7 Å². The molecular formula is C16H28N4O2. The van der Waals surface area contributed by atoms with E-state index in [2.05, 4.69) is 36.5 Å². The van der Waals surface area contributed by atoms with Crippen LogP contribution in [0.25, 0.3) is 0 Å². The van der Waals surface area contributed by atoms with Crippen LogP contribution in [-0.4, -0.2) is 49.0 Å². The highest BCUT2D eigenvalue weighted by Gasteiger charge is 2.32. The van der Waals surface area contributed by atoms with Crippen LogP contribution in [0.3, 0.4) is 0 Å². The second-order valence-corrected chi connectivity index (χ2v) is 7.21. The summed E-state index contributed by atoms with van der Waals surface area (Å²) in [6.45, 7) is 9.44. The van der Waals surface area contributed by atoms with Gasteiger partial charge in [-0.1, -0.05) is 0 Å².